The summed E-state index contributed by atoms with van der Waals surface area (Å²) >= 11 is 0. The molecule has 11 heteroatoms. The van der Waals surface area contributed by atoms with Crippen LogP contribution in [0.2, 0.25) is 0 Å². The van der Waals surface area contributed by atoms with Crippen molar-refractivity contribution in [3.05, 3.63) is 41.7 Å². The van der Waals surface area contributed by atoms with Gasteiger partial charge in [0.15, 0.2) is 9.84 Å². The first kappa shape index (κ1) is 25.3. The van der Waals surface area contributed by atoms with Crippen LogP contribution in [0.5, 0.6) is 0 Å². The van der Waals surface area contributed by atoms with Gasteiger partial charge in [-0.15, -0.1) is 0 Å². The van der Waals surface area contributed by atoms with E-state index >= 15 is 0 Å². The number of hydrogen-bond acceptors (Lipinski definition) is 7. The van der Waals surface area contributed by atoms with Crippen LogP contribution in [-0.2, 0) is 21.1 Å². The van der Waals surface area contributed by atoms with E-state index in [4.69, 9.17) is 0 Å². The summed E-state index contributed by atoms with van der Waals surface area (Å²) in [6, 6.07) is 0.955. The number of likely N-dealkylation sites (tertiary alicyclic amines) is 1. The Morgan fingerprint density at radius 3 is 2.31 bits per heavy atom. The van der Waals surface area contributed by atoms with Crippen LogP contribution < -0.4 is 9.80 Å². The summed E-state index contributed by atoms with van der Waals surface area (Å²) in [4.78, 5) is 27.0. The molecule has 0 spiro atoms. The number of carbonyl (C=O) groups excluding carboxylic acids is 1. The molecule has 1 atom stereocenters. The molecule has 0 unspecified atom stereocenters. The lowest BCUT2D eigenvalue weighted by molar-refractivity contribution is -0.138. The Bertz CT molecular complexity index is 1180. The van der Waals surface area contributed by atoms with Crippen molar-refractivity contribution in [3.63, 3.8) is 0 Å². The van der Waals surface area contributed by atoms with Crippen molar-refractivity contribution in [3.8, 4) is 0 Å². The number of anilines is 2. The number of piperidine rings is 2. The lowest BCUT2D eigenvalue weighted by Crippen LogP contribution is -2.57. The molecule has 1 aromatic heterocycles. The van der Waals surface area contributed by atoms with E-state index in [0.717, 1.165) is 56.7 Å². The minimum Gasteiger partial charge on any atom is -0.360 e. The lowest BCUT2D eigenvalue weighted by atomic mass is 9.96. The summed E-state index contributed by atoms with van der Waals surface area (Å²) in [5, 5.41) is 0. The molecule has 0 saturated carbocycles. The summed E-state index contributed by atoms with van der Waals surface area (Å²) in [7, 11) is -2.36. The van der Waals surface area contributed by atoms with Crippen molar-refractivity contribution in [1.82, 2.24) is 14.9 Å². The number of likely N-dealkylation sites (N-methyl/N-ethyl adjacent to an activating group) is 1. The SMILES string of the molecule is CCc1cnc(N2CCC(N3CCC[C@H](N(C)c4cc(F)c(S(C)(=O)=O)cc4F)C3=O)CC2)nc1. The number of nitrogens with zero attached hydrogens (tertiary/aromatic N) is 5. The summed E-state index contributed by atoms with van der Waals surface area (Å²) in [6.07, 6.45) is 8.19. The smallest absolute Gasteiger partial charge is 0.245 e. The molecule has 2 aliphatic heterocycles. The third-order valence-corrected chi connectivity index (χ3v) is 8.09. The quantitative estimate of drug-likeness (QED) is 0.594. The summed E-state index contributed by atoms with van der Waals surface area (Å²) < 4.78 is 52.7. The highest BCUT2D eigenvalue weighted by molar-refractivity contribution is 7.90. The first-order valence-corrected chi connectivity index (χ1v) is 13.8. The minimum absolute atomic E-state index is 0.0547. The van der Waals surface area contributed by atoms with Gasteiger partial charge in [0.2, 0.25) is 11.9 Å². The van der Waals surface area contributed by atoms with E-state index < -0.39 is 32.4 Å². The average Bonchev–Trinajstić information content (AvgIpc) is 2.84. The van der Waals surface area contributed by atoms with Gasteiger partial charge in [0.05, 0.1) is 5.69 Å². The van der Waals surface area contributed by atoms with Gasteiger partial charge in [0.25, 0.3) is 0 Å². The van der Waals surface area contributed by atoms with Gasteiger partial charge in [-0.3, -0.25) is 4.79 Å². The van der Waals surface area contributed by atoms with Gasteiger partial charge in [-0.25, -0.2) is 27.2 Å². The molecule has 0 N–H and O–H groups in total. The number of amides is 1. The van der Waals surface area contributed by atoms with Crippen LogP contribution >= 0.6 is 0 Å². The molecule has 2 aliphatic rings. The number of aromatic nitrogens is 2. The highest BCUT2D eigenvalue weighted by atomic mass is 32.2. The number of sulfone groups is 1. The maximum Gasteiger partial charge on any atom is 0.245 e. The molecule has 0 aliphatic carbocycles. The Kier molecular flexibility index (Phi) is 7.25. The molecule has 1 amide bonds. The monoisotopic (exact) mass is 507 g/mol. The molecule has 3 heterocycles. The Balaban J connectivity index is 1.45. The van der Waals surface area contributed by atoms with Crippen LogP contribution in [0, 0.1) is 11.6 Å². The molecular weight excluding hydrogens is 476 g/mol. The van der Waals surface area contributed by atoms with E-state index in [1.54, 1.807) is 7.05 Å². The number of hydrogen-bond donors (Lipinski definition) is 0. The molecule has 190 valence electrons. The highest BCUT2D eigenvalue weighted by Gasteiger charge is 2.38. The second kappa shape index (κ2) is 10.0. The van der Waals surface area contributed by atoms with Gasteiger partial charge in [-0.05, 0) is 43.7 Å². The zero-order valence-corrected chi connectivity index (χ0v) is 21.1. The van der Waals surface area contributed by atoms with Crippen molar-refractivity contribution in [1.29, 1.82) is 0 Å². The van der Waals surface area contributed by atoms with E-state index in [2.05, 4.69) is 21.8 Å². The van der Waals surface area contributed by atoms with Crippen molar-refractivity contribution < 1.29 is 22.0 Å². The van der Waals surface area contributed by atoms with Crippen LogP contribution in [0.25, 0.3) is 0 Å². The fourth-order valence-corrected chi connectivity index (χ4v) is 5.64. The predicted molar refractivity (Wildman–Crippen MR) is 129 cm³/mol. The molecule has 2 aromatic rings. The molecule has 0 radical (unpaired) electrons. The second-order valence-corrected chi connectivity index (χ2v) is 11.3. The number of carbonyl (C=O) groups is 1. The van der Waals surface area contributed by atoms with Gasteiger partial charge < -0.3 is 14.7 Å². The van der Waals surface area contributed by atoms with Gasteiger partial charge >= 0.3 is 0 Å². The lowest BCUT2D eigenvalue weighted by Gasteiger charge is -2.44. The first-order chi connectivity index (χ1) is 16.6. The van der Waals surface area contributed by atoms with Crippen LogP contribution in [0.4, 0.5) is 20.4 Å². The maximum atomic E-state index is 14.8. The number of rotatable bonds is 6. The molecule has 2 fully saturated rings. The van der Waals surface area contributed by atoms with E-state index in [1.165, 1.54) is 4.90 Å². The summed E-state index contributed by atoms with van der Waals surface area (Å²) in [5.41, 5.74) is 0.956. The molecule has 35 heavy (non-hydrogen) atoms. The predicted octanol–water partition coefficient (Wildman–Crippen LogP) is 2.82. The molecule has 8 nitrogen and oxygen atoms in total. The van der Waals surface area contributed by atoms with Crippen molar-refractivity contribution in [2.75, 3.05) is 42.7 Å². The van der Waals surface area contributed by atoms with Crippen molar-refractivity contribution in [2.45, 2.75) is 56.0 Å². The van der Waals surface area contributed by atoms with Crippen LogP contribution in [-0.4, -0.2) is 74.2 Å². The number of benzene rings is 1. The van der Waals surface area contributed by atoms with E-state index in [9.17, 15) is 22.0 Å². The Hall–Kier alpha value is -2.82. The summed E-state index contributed by atoms with van der Waals surface area (Å²) in [5.74, 6) is -1.33. The van der Waals surface area contributed by atoms with E-state index in [1.807, 2.05) is 17.3 Å². The molecule has 0 bridgehead atoms. The number of halogens is 2. The van der Waals surface area contributed by atoms with E-state index in [0.29, 0.717) is 25.0 Å². The maximum absolute atomic E-state index is 14.8. The van der Waals surface area contributed by atoms with Gasteiger partial charge in [-0.1, -0.05) is 6.92 Å². The Morgan fingerprint density at radius 1 is 1.06 bits per heavy atom. The summed E-state index contributed by atoms with van der Waals surface area (Å²) in [6.45, 7) is 4.14. The molecule has 1 aromatic carbocycles. The first-order valence-electron chi connectivity index (χ1n) is 11.9. The zero-order chi connectivity index (χ0) is 25.3. The zero-order valence-electron chi connectivity index (χ0n) is 20.2. The fourth-order valence-electron chi connectivity index (χ4n) is 4.91. The largest absolute Gasteiger partial charge is 0.360 e. The number of aryl methyl sites for hydroxylation is 1. The fraction of sp³-hybridized carbons (Fsp3) is 0.542. The molecular formula is C24H31F2N5O3S. The average molecular weight is 508 g/mol. The normalized spacial score (nSPS) is 19.8. The highest BCUT2D eigenvalue weighted by Crippen LogP contribution is 2.31. The van der Waals surface area contributed by atoms with E-state index in [-0.39, 0.29) is 17.6 Å². The minimum atomic E-state index is -3.91. The Morgan fingerprint density at radius 2 is 1.71 bits per heavy atom. The standard InChI is InChI=1S/C24H31F2N5O3S/c1-4-16-14-27-24(28-15-16)30-10-7-17(8-11-30)31-9-5-6-20(23(31)32)29(2)21-12-19(26)22(13-18(21)25)35(3,33)34/h12-15,17,20H,4-11H2,1-3H3/t20-/m0/s1. The van der Waals surface area contributed by atoms with Gasteiger partial charge in [0, 0.05) is 57.4 Å². The van der Waals surface area contributed by atoms with Gasteiger partial charge in [-0.2, -0.15) is 0 Å². The van der Waals surface area contributed by atoms with Crippen molar-refractivity contribution >= 4 is 27.4 Å². The van der Waals surface area contributed by atoms with Crippen LogP contribution in [0.1, 0.15) is 38.2 Å². The van der Waals surface area contributed by atoms with Crippen molar-refractivity contribution in [2.24, 2.45) is 0 Å². The Labute approximate surface area is 204 Å². The third kappa shape index (κ3) is 5.24. The van der Waals surface area contributed by atoms with Gasteiger partial charge in [0.1, 0.15) is 22.6 Å². The molecule has 2 saturated heterocycles. The second-order valence-electron chi connectivity index (χ2n) is 9.27. The topological polar surface area (TPSA) is 86.7 Å². The van der Waals surface area contributed by atoms with Crippen LogP contribution in [0.15, 0.2) is 29.4 Å². The van der Waals surface area contributed by atoms with Crippen LogP contribution in [0.3, 0.4) is 0 Å². The molecule has 4 rings (SSSR count). The third-order valence-electron chi connectivity index (χ3n) is 6.98.